The summed E-state index contributed by atoms with van der Waals surface area (Å²) in [6.45, 7) is 10.1. The predicted molar refractivity (Wildman–Crippen MR) is 50.9 cm³/mol. The molecule has 2 heteroatoms. The lowest BCUT2D eigenvalue weighted by atomic mass is 9.87. The molecule has 3 heterocycles. The van der Waals surface area contributed by atoms with Crippen LogP contribution in [0.4, 0.5) is 0 Å². The number of nitrogens with zero attached hydrogens (tertiary/aromatic N) is 2. The van der Waals surface area contributed by atoms with Crippen molar-refractivity contribution in [1.82, 2.24) is 9.80 Å². The molecule has 2 bridgehead atoms. The van der Waals surface area contributed by atoms with E-state index in [1.54, 1.807) is 0 Å². The number of fused-ring (bicyclic) bond motifs is 2. The van der Waals surface area contributed by atoms with E-state index in [1.165, 1.54) is 19.5 Å². The minimum absolute atomic E-state index is 0.708. The lowest BCUT2D eigenvalue weighted by molar-refractivity contribution is -0.0307. The fraction of sp³-hybridized carbons (Fsp3) is 0.600. The SMILES string of the molecule is C=CC(=C)N1C2CC1CN(C)C2. The van der Waals surface area contributed by atoms with Crippen LogP contribution in [0.25, 0.3) is 0 Å². The van der Waals surface area contributed by atoms with Gasteiger partial charge >= 0.3 is 0 Å². The Morgan fingerprint density at radius 2 is 2.00 bits per heavy atom. The minimum atomic E-state index is 0.708. The number of piperidine rings is 1. The first-order valence-electron chi connectivity index (χ1n) is 4.50. The van der Waals surface area contributed by atoms with E-state index in [9.17, 15) is 0 Å². The van der Waals surface area contributed by atoms with Gasteiger partial charge in [-0.15, -0.1) is 0 Å². The molecular formula is C10H16N2. The Morgan fingerprint density at radius 3 is 2.50 bits per heavy atom. The van der Waals surface area contributed by atoms with Crippen molar-refractivity contribution in [2.45, 2.75) is 18.5 Å². The topological polar surface area (TPSA) is 6.48 Å². The van der Waals surface area contributed by atoms with E-state index < -0.39 is 0 Å². The van der Waals surface area contributed by atoms with Crippen LogP contribution in [0.15, 0.2) is 24.9 Å². The summed E-state index contributed by atoms with van der Waals surface area (Å²) >= 11 is 0. The van der Waals surface area contributed by atoms with Gasteiger partial charge in [-0.3, -0.25) is 0 Å². The van der Waals surface area contributed by atoms with Crippen molar-refractivity contribution in [3.05, 3.63) is 24.9 Å². The van der Waals surface area contributed by atoms with Crippen molar-refractivity contribution in [1.29, 1.82) is 0 Å². The Bertz CT molecular complexity index is 210. The molecule has 0 radical (unpaired) electrons. The van der Waals surface area contributed by atoms with Crippen molar-refractivity contribution in [3.8, 4) is 0 Å². The third-order valence-corrected chi connectivity index (χ3v) is 2.94. The molecule has 0 saturated carbocycles. The van der Waals surface area contributed by atoms with Crippen LogP contribution < -0.4 is 0 Å². The number of hydrogen-bond donors (Lipinski definition) is 0. The number of hydrogen-bond acceptors (Lipinski definition) is 2. The van der Waals surface area contributed by atoms with Gasteiger partial charge in [0.15, 0.2) is 0 Å². The van der Waals surface area contributed by atoms with E-state index in [-0.39, 0.29) is 0 Å². The summed E-state index contributed by atoms with van der Waals surface area (Å²) in [7, 11) is 2.19. The maximum Gasteiger partial charge on any atom is 0.0440 e. The van der Waals surface area contributed by atoms with Gasteiger partial charge in [0, 0.05) is 30.9 Å². The summed E-state index contributed by atoms with van der Waals surface area (Å²) in [5, 5.41) is 0. The van der Waals surface area contributed by atoms with E-state index in [1.807, 2.05) is 6.08 Å². The van der Waals surface area contributed by atoms with Crippen LogP contribution in [0.1, 0.15) is 6.42 Å². The fourth-order valence-electron chi connectivity index (χ4n) is 2.39. The first-order chi connectivity index (χ1) is 5.72. The second kappa shape index (κ2) is 2.63. The third kappa shape index (κ3) is 0.985. The van der Waals surface area contributed by atoms with Crippen LogP contribution in [0, 0.1) is 0 Å². The zero-order valence-electron chi connectivity index (χ0n) is 7.66. The molecule has 2 unspecified atom stereocenters. The van der Waals surface area contributed by atoms with E-state index >= 15 is 0 Å². The quantitative estimate of drug-likeness (QED) is 0.563. The van der Waals surface area contributed by atoms with Gasteiger partial charge in [-0.1, -0.05) is 13.2 Å². The average Bonchev–Trinajstić information content (AvgIpc) is 2.03. The van der Waals surface area contributed by atoms with Gasteiger partial charge in [0.25, 0.3) is 0 Å². The van der Waals surface area contributed by atoms with E-state index in [0.717, 1.165) is 5.70 Å². The molecule has 66 valence electrons. The van der Waals surface area contributed by atoms with E-state index in [0.29, 0.717) is 12.1 Å². The van der Waals surface area contributed by atoms with Gasteiger partial charge in [-0.05, 0) is 19.5 Å². The lowest BCUT2D eigenvalue weighted by Gasteiger charge is -2.57. The van der Waals surface area contributed by atoms with Crippen molar-refractivity contribution in [3.63, 3.8) is 0 Å². The second-order valence-electron chi connectivity index (χ2n) is 3.87. The van der Waals surface area contributed by atoms with Gasteiger partial charge in [0.05, 0.1) is 0 Å². The molecule has 0 spiro atoms. The molecule has 0 aliphatic carbocycles. The summed E-state index contributed by atoms with van der Waals surface area (Å²) in [6, 6.07) is 1.42. The molecule has 3 rings (SSSR count). The summed E-state index contributed by atoms with van der Waals surface area (Å²) in [4.78, 5) is 4.80. The minimum Gasteiger partial charge on any atom is -0.363 e. The highest BCUT2D eigenvalue weighted by atomic mass is 15.3. The Morgan fingerprint density at radius 1 is 1.42 bits per heavy atom. The standard InChI is InChI=1S/C10H16N2/c1-4-8(2)12-9-5-10(12)7-11(3)6-9/h4,9-10H,1-2,5-7H2,3H3. The molecule has 0 aromatic carbocycles. The van der Waals surface area contributed by atoms with E-state index in [2.05, 4.69) is 30.0 Å². The van der Waals surface area contributed by atoms with Gasteiger partial charge < -0.3 is 9.80 Å². The molecule has 0 amide bonds. The highest BCUT2D eigenvalue weighted by Crippen LogP contribution is 2.34. The first-order valence-corrected chi connectivity index (χ1v) is 4.50. The largest absolute Gasteiger partial charge is 0.363 e. The average molecular weight is 164 g/mol. The van der Waals surface area contributed by atoms with Crippen LogP contribution in [-0.2, 0) is 0 Å². The number of rotatable bonds is 2. The monoisotopic (exact) mass is 164 g/mol. The van der Waals surface area contributed by atoms with Gasteiger partial charge in [0.1, 0.15) is 0 Å². The maximum absolute atomic E-state index is 3.99. The van der Waals surface area contributed by atoms with Crippen LogP contribution in [-0.4, -0.2) is 42.0 Å². The number of allylic oxidation sites excluding steroid dienone is 1. The van der Waals surface area contributed by atoms with Crippen LogP contribution in [0.3, 0.4) is 0 Å². The van der Waals surface area contributed by atoms with Crippen molar-refractivity contribution in [2.24, 2.45) is 0 Å². The Labute approximate surface area is 74.2 Å². The Hall–Kier alpha value is -0.760. The molecule has 0 aromatic heterocycles. The van der Waals surface area contributed by atoms with E-state index in [4.69, 9.17) is 0 Å². The normalized spacial score (nSPS) is 34.2. The number of piperazine rings is 1. The zero-order valence-corrected chi connectivity index (χ0v) is 7.66. The Balaban J connectivity index is 2.04. The summed E-state index contributed by atoms with van der Waals surface area (Å²) in [6.07, 6.45) is 3.21. The van der Waals surface area contributed by atoms with Crippen molar-refractivity contribution < 1.29 is 0 Å². The maximum atomic E-state index is 3.99. The molecule has 12 heavy (non-hydrogen) atoms. The molecule has 0 N–H and O–H groups in total. The summed E-state index contributed by atoms with van der Waals surface area (Å²) in [5.41, 5.74) is 1.10. The molecule has 3 saturated heterocycles. The van der Waals surface area contributed by atoms with Crippen LogP contribution >= 0.6 is 0 Å². The van der Waals surface area contributed by atoms with Gasteiger partial charge in [-0.25, -0.2) is 0 Å². The molecule has 2 nitrogen and oxygen atoms in total. The summed E-state index contributed by atoms with van der Waals surface area (Å²) < 4.78 is 0. The van der Waals surface area contributed by atoms with Gasteiger partial charge in [0.2, 0.25) is 0 Å². The first kappa shape index (κ1) is 7.87. The molecule has 0 aromatic rings. The zero-order chi connectivity index (χ0) is 8.72. The lowest BCUT2D eigenvalue weighted by Crippen LogP contribution is -2.66. The Kier molecular flexibility index (Phi) is 1.72. The molecule has 3 aliphatic heterocycles. The van der Waals surface area contributed by atoms with Crippen LogP contribution in [0.5, 0.6) is 0 Å². The second-order valence-corrected chi connectivity index (χ2v) is 3.87. The van der Waals surface area contributed by atoms with Crippen molar-refractivity contribution >= 4 is 0 Å². The third-order valence-electron chi connectivity index (χ3n) is 2.94. The number of likely N-dealkylation sites (N-methyl/N-ethyl adjacent to an activating group) is 1. The van der Waals surface area contributed by atoms with Crippen LogP contribution in [0.2, 0.25) is 0 Å². The fourth-order valence-corrected chi connectivity index (χ4v) is 2.39. The highest BCUT2D eigenvalue weighted by molar-refractivity contribution is 5.19. The predicted octanol–water partition coefficient (Wildman–Crippen LogP) is 1.07. The smallest absolute Gasteiger partial charge is 0.0440 e. The molecule has 3 fully saturated rings. The molecular weight excluding hydrogens is 148 g/mol. The van der Waals surface area contributed by atoms with Crippen molar-refractivity contribution in [2.75, 3.05) is 20.1 Å². The molecule has 2 atom stereocenters. The highest BCUT2D eigenvalue weighted by Gasteiger charge is 2.43. The molecule has 3 aliphatic rings. The summed E-state index contributed by atoms with van der Waals surface area (Å²) in [5.74, 6) is 0. The van der Waals surface area contributed by atoms with Gasteiger partial charge in [-0.2, -0.15) is 0 Å².